The summed E-state index contributed by atoms with van der Waals surface area (Å²) in [7, 11) is -4.18. The average Bonchev–Trinajstić information content (AvgIpc) is 3.28. The lowest BCUT2D eigenvalue weighted by Gasteiger charge is -2.17. The average molecular weight is 504 g/mol. The molecule has 0 aliphatic heterocycles. The molecule has 0 amide bonds. The maximum atomic E-state index is 13.9. The minimum Gasteiger partial charge on any atom is -0.462 e. The number of hydrogen-bond donors (Lipinski definition) is 0. The number of fused-ring (bicyclic) bond motifs is 1. The summed E-state index contributed by atoms with van der Waals surface area (Å²) in [4.78, 5) is 26.8. The van der Waals surface area contributed by atoms with Crippen molar-refractivity contribution in [2.75, 3.05) is 13.2 Å². The van der Waals surface area contributed by atoms with E-state index in [4.69, 9.17) is 9.47 Å². The van der Waals surface area contributed by atoms with Crippen LogP contribution in [0, 0.1) is 0 Å². The van der Waals surface area contributed by atoms with Crippen LogP contribution in [0.5, 0.6) is 0 Å². The standard InChI is InChI=1S/C28H25NO6S/c1-3-34-27(30)25(20-13-7-5-8-14-20)26(28(31)35-4-2)24-19-21-15-11-12-18-23(21)29(24)36(32,33)22-16-9-6-10-17-22/h5-19H,3-4H2,1-2H3/b26-25-. The fraction of sp³-hybridized carbons (Fsp3) is 0.143. The maximum absolute atomic E-state index is 13.9. The smallest absolute Gasteiger partial charge is 0.341 e. The van der Waals surface area contributed by atoms with E-state index >= 15 is 0 Å². The molecular weight excluding hydrogens is 478 g/mol. The molecule has 4 aromatic rings. The second-order valence-electron chi connectivity index (χ2n) is 7.73. The summed E-state index contributed by atoms with van der Waals surface area (Å²) in [5.41, 5.74) is 0.480. The van der Waals surface area contributed by atoms with Gasteiger partial charge >= 0.3 is 11.9 Å². The van der Waals surface area contributed by atoms with Crippen LogP contribution in [0.3, 0.4) is 0 Å². The summed E-state index contributed by atoms with van der Waals surface area (Å²) >= 11 is 0. The van der Waals surface area contributed by atoms with Crippen LogP contribution < -0.4 is 0 Å². The van der Waals surface area contributed by atoms with E-state index in [-0.39, 0.29) is 34.9 Å². The van der Waals surface area contributed by atoms with Gasteiger partial charge in [-0.1, -0.05) is 66.7 Å². The number of para-hydroxylation sites is 1. The Bertz CT molecular complexity index is 1540. The highest BCUT2D eigenvalue weighted by atomic mass is 32.2. The molecule has 0 bridgehead atoms. The van der Waals surface area contributed by atoms with Crippen molar-refractivity contribution in [3.05, 3.63) is 102 Å². The highest BCUT2D eigenvalue weighted by Crippen LogP contribution is 2.35. The van der Waals surface area contributed by atoms with E-state index in [0.717, 1.165) is 3.97 Å². The van der Waals surface area contributed by atoms with E-state index in [9.17, 15) is 18.0 Å². The maximum Gasteiger partial charge on any atom is 0.341 e. The first-order valence-corrected chi connectivity index (χ1v) is 12.9. The van der Waals surface area contributed by atoms with Gasteiger partial charge in [0.1, 0.15) is 0 Å². The van der Waals surface area contributed by atoms with Crippen molar-refractivity contribution < 1.29 is 27.5 Å². The molecule has 36 heavy (non-hydrogen) atoms. The Labute approximate surface area is 209 Å². The second-order valence-corrected chi connectivity index (χ2v) is 9.51. The summed E-state index contributed by atoms with van der Waals surface area (Å²) < 4.78 is 39.6. The van der Waals surface area contributed by atoms with Gasteiger partial charge in [0.05, 0.1) is 40.5 Å². The molecule has 1 aromatic heterocycles. The summed E-state index contributed by atoms with van der Waals surface area (Å²) in [5.74, 6) is -1.60. The topological polar surface area (TPSA) is 91.7 Å². The van der Waals surface area contributed by atoms with Crippen LogP contribution in [0.2, 0.25) is 0 Å². The zero-order valence-corrected chi connectivity index (χ0v) is 20.7. The molecule has 0 unspecified atom stereocenters. The Balaban J connectivity index is 2.16. The van der Waals surface area contributed by atoms with Crippen molar-refractivity contribution in [2.45, 2.75) is 18.7 Å². The van der Waals surface area contributed by atoms with Crippen molar-refractivity contribution in [3.63, 3.8) is 0 Å². The lowest BCUT2D eigenvalue weighted by molar-refractivity contribution is -0.138. The highest BCUT2D eigenvalue weighted by molar-refractivity contribution is 7.90. The van der Waals surface area contributed by atoms with Crippen LogP contribution in [0.15, 0.2) is 95.9 Å². The highest BCUT2D eigenvalue weighted by Gasteiger charge is 2.33. The number of rotatable bonds is 8. The number of carbonyl (C=O) groups is 2. The number of aromatic nitrogens is 1. The van der Waals surface area contributed by atoms with Crippen molar-refractivity contribution >= 4 is 44.0 Å². The number of benzene rings is 3. The van der Waals surface area contributed by atoms with E-state index in [2.05, 4.69) is 0 Å². The van der Waals surface area contributed by atoms with Gasteiger partial charge in [-0.3, -0.25) is 0 Å². The van der Waals surface area contributed by atoms with Gasteiger partial charge in [0.2, 0.25) is 0 Å². The molecule has 0 aliphatic carbocycles. The summed E-state index contributed by atoms with van der Waals surface area (Å²) in [6, 6.07) is 24.9. The molecule has 0 saturated heterocycles. The van der Waals surface area contributed by atoms with Gasteiger partial charge in [-0.05, 0) is 43.7 Å². The Morgan fingerprint density at radius 1 is 0.722 bits per heavy atom. The summed E-state index contributed by atoms with van der Waals surface area (Å²) in [6.45, 7) is 3.38. The van der Waals surface area contributed by atoms with Crippen molar-refractivity contribution in [1.29, 1.82) is 0 Å². The van der Waals surface area contributed by atoms with Crippen molar-refractivity contribution in [1.82, 2.24) is 3.97 Å². The van der Waals surface area contributed by atoms with Gasteiger partial charge in [-0.15, -0.1) is 0 Å². The molecule has 0 saturated carbocycles. The molecule has 184 valence electrons. The Kier molecular flexibility index (Phi) is 7.36. The van der Waals surface area contributed by atoms with Crippen molar-refractivity contribution in [3.8, 4) is 0 Å². The van der Waals surface area contributed by atoms with E-state index in [1.54, 1.807) is 92.7 Å². The molecule has 4 rings (SSSR count). The van der Waals surface area contributed by atoms with Gasteiger partial charge in [0, 0.05) is 5.39 Å². The summed E-state index contributed by atoms with van der Waals surface area (Å²) in [6.07, 6.45) is 0. The molecule has 8 heteroatoms. The Morgan fingerprint density at radius 2 is 1.25 bits per heavy atom. The monoisotopic (exact) mass is 503 g/mol. The molecule has 3 aromatic carbocycles. The molecule has 0 fully saturated rings. The third-order valence-electron chi connectivity index (χ3n) is 5.48. The van der Waals surface area contributed by atoms with Crippen LogP contribution in [0.1, 0.15) is 25.1 Å². The third-order valence-corrected chi connectivity index (χ3v) is 7.22. The predicted molar refractivity (Wildman–Crippen MR) is 137 cm³/mol. The molecular formula is C28H25NO6S. The molecule has 0 N–H and O–H groups in total. The van der Waals surface area contributed by atoms with Gasteiger partial charge < -0.3 is 9.47 Å². The lowest BCUT2D eigenvalue weighted by Crippen LogP contribution is -2.21. The number of carbonyl (C=O) groups excluding carboxylic acids is 2. The zero-order valence-electron chi connectivity index (χ0n) is 19.9. The van der Waals surface area contributed by atoms with Crippen LogP contribution >= 0.6 is 0 Å². The van der Waals surface area contributed by atoms with Gasteiger partial charge in [-0.25, -0.2) is 22.0 Å². The molecule has 0 aliphatic rings. The Morgan fingerprint density at radius 3 is 1.86 bits per heavy atom. The predicted octanol–water partition coefficient (Wildman–Crippen LogP) is 4.92. The molecule has 0 spiro atoms. The fourth-order valence-electron chi connectivity index (χ4n) is 3.97. The minimum atomic E-state index is -4.18. The number of nitrogens with zero attached hydrogens (tertiary/aromatic N) is 1. The second kappa shape index (κ2) is 10.6. The normalized spacial score (nSPS) is 12.2. The van der Waals surface area contributed by atoms with Gasteiger partial charge in [0.25, 0.3) is 10.0 Å². The first-order chi connectivity index (χ1) is 17.4. The molecule has 1 heterocycles. The van der Waals surface area contributed by atoms with Crippen molar-refractivity contribution in [2.24, 2.45) is 0 Å². The Hall–Kier alpha value is -4.17. The van der Waals surface area contributed by atoms with E-state index in [1.165, 1.54) is 12.1 Å². The third kappa shape index (κ3) is 4.67. The molecule has 0 atom stereocenters. The van der Waals surface area contributed by atoms with Crippen LogP contribution in [-0.2, 0) is 29.1 Å². The first kappa shape index (κ1) is 24.9. The minimum absolute atomic E-state index is 0.00501. The number of ether oxygens (including phenoxy) is 2. The number of esters is 2. The first-order valence-electron chi connectivity index (χ1n) is 11.5. The van der Waals surface area contributed by atoms with Gasteiger partial charge in [0.15, 0.2) is 0 Å². The van der Waals surface area contributed by atoms with E-state index < -0.39 is 22.0 Å². The molecule has 7 nitrogen and oxygen atoms in total. The van der Waals surface area contributed by atoms with Crippen LogP contribution in [-0.4, -0.2) is 37.5 Å². The van der Waals surface area contributed by atoms with Crippen LogP contribution in [0.25, 0.3) is 22.0 Å². The fourth-order valence-corrected chi connectivity index (χ4v) is 5.51. The van der Waals surface area contributed by atoms with Gasteiger partial charge in [-0.2, -0.15) is 0 Å². The van der Waals surface area contributed by atoms with E-state index in [1.807, 2.05) is 0 Å². The molecule has 0 radical (unpaired) electrons. The van der Waals surface area contributed by atoms with E-state index in [0.29, 0.717) is 16.5 Å². The SMILES string of the molecule is CCOC(=O)/C(=C(\C(=O)OCC)c1cc2ccccc2n1S(=O)(=O)c1ccccc1)c1ccccc1. The lowest BCUT2D eigenvalue weighted by atomic mass is 9.97. The quantitative estimate of drug-likeness (QED) is 0.251. The summed E-state index contributed by atoms with van der Waals surface area (Å²) in [5, 5.41) is 0.574. The zero-order chi connectivity index (χ0) is 25.7. The largest absolute Gasteiger partial charge is 0.462 e. The number of hydrogen-bond acceptors (Lipinski definition) is 6. The van der Waals surface area contributed by atoms with Crippen LogP contribution in [0.4, 0.5) is 0 Å².